The van der Waals surface area contributed by atoms with Crippen LogP contribution in [0.4, 0.5) is 4.79 Å². The summed E-state index contributed by atoms with van der Waals surface area (Å²) in [5, 5.41) is 18.7. The maximum atomic E-state index is 10.7. The Morgan fingerprint density at radius 3 is 2.22 bits per heavy atom. The molecule has 0 atom stereocenters. The van der Waals surface area contributed by atoms with E-state index in [1.165, 1.54) is 0 Å². The maximum Gasteiger partial charge on any atom is 0.511 e. The Morgan fingerprint density at radius 2 is 1.72 bits per heavy atom. The third-order valence-electron chi connectivity index (χ3n) is 2.88. The van der Waals surface area contributed by atoms with E-state index >= 15 is 0 Å². The van der Waals surface area contributed by atoms with Crippen molar-refractivity contribution in [1.82, 2.24) is 0 Å². The number of carboxylic acid groups (broad SMARTS) is 1. The first-order chi connectivity index (χ1) is 8.40. The highest BCUT2D eigenvalue weighted by molar-refractivity contribution is 5.69. The topological polar surface area (TPSA) is 76.0 Å². The molecule has 0 heterocycles. The minimum Gasteiger partial charge on any atom is -0.504 e. The van der Waals surface area contributed by atoms with Gasteiger partial charge in [-0.2, -0.15) is 0 Å². The van der Waals surface area contributed by atoms with Crippen LogP contribution in [0.25, 0.3) is 0 Å². The average molecular weight is 254 g/mol. The van der Waals surface area contributed by atoms with Crippen LogP contribution in [0.5, 0.6) is 17.2 Å². The molecule has 0 radical (unpaired) electrons. The molecule has 0 aliphatic rings. The molecule has 0 bridgehead atoms. The second-order valence-electron chi connectivity index (χ2n) is 4.10. The summed E-state index contributed by atoms with van der Waals surface area (Å²) in [4.78, 5) is 10.7. The molecule has 0 unspecified atom stereocenters. The molecule has 0 fully saturated rings. The van der Waals surface area contributed by atoms with Gasteiger partial charge in [0.05, 0.1) is 6.61 Å². The molecule has 5 heteroatoms. The van der Waals surface area contributed by atoms with E-state index in [1.54, 1.807) is 6.92 Å². The molecule has 0 aliphatic heterocycles. The van der Waals surface area contributed by atoms with E-state index in [0.717, 1.165) is 17.5 Å². The normalized spacial score (nSPS) is 10.2. The fraction of sp³-hybridized carbons (Fsp3) is 0.462. The number of hydrogen-bond donors (Lipinski definition) is 2. The molecule has 2 N–H and O–H groups in total. The van der Waals surface area contributed by atoms with Crippen LogP contribution in [-0.2, 0) is 0 Å². The summed E-state index contributed by atoms with van der Waals surface area (Å²) < 4.78 is 10.1. The predicted molar refractivity (Wildman–Crippen MR) is 66.8 cm³/mol. The Bertz CT molecular complexity index is 465. The van der Waals surface area contributed by atoms with Crippen LogP contribution in [0.2, 0.25) is 0 Å². The van der Waals surface area contributed by atoms with Gasteiger partial charge in [-0.15, -0.1) is 0 Å². The van der Waals surface area contributed by atoms with E-state index in [-0.39, 0.29) is 11.5 Å². The van der Waals surface area contributed by atoms with Crippen LogP contribution in [0, 0.1) is 20.8 Å². The summed E-state index contributed by atoms with van der Waals surface area (Å²) in [6.45, 7) is 7.72. The zero-order valence-corrected chi connectivity index (χ0v) is 11.0. The number of benzene rings is 1. The lowest BCUT2D eigenvalue weighted by Crippen LogP contribution is -2.08. The molecule has 0 spiro atoms. The van der Waals surface area contributed by atoms with Gasteiger partial charge in [0, 0.05) is 0 Å². The van der Waals surface area contributed by atoms with Gasteiger partial charge in [0.2, 0.25) is 5.75 Å². The van der Waals surface area contributed by atoms with Crippen molar-refractivity contribution in [2.45, 2.75) is 34.1 Å². The molecule has 0 saturated heterocycles. The van der Waals surface area contributed by atoms with Crippen molar-refractivity contribution in [1.29, 1.82) is 0 Å². The predicted octanol–water partition coefficient (Wildman–Crippen LogP) is 3.16. The lowest BCUT2D eigenvalue weighted by atomic mass is 10.0. The van der Waals surface area contributed by atoms with Crippen molar-refractivity contribution in [2.24, 2.45) is 0 Å². The van der Waals surface area contributed by atoms with E-state index in [1.807, 2.05) is 20.8 Å². The average Bonchev–Trinajstić information content (AvgIpc) is 2.32. The monoisotopic (exact) mass is 254 g/mol. The number of ether oxygens (including phenoxy) is 2. The highest BCUT2D eigenvalue weighted by Gasteiger charge is 2.22. The van der Waals surface area contributed by atoms with Gasteiger partial charge in [-0.1, -0.05) is 6.92 Å². The molecule has 1 rings (SSSR count). The Kier molecular flexibility index (Phi) is 4.42. The summed E-state index contributed by atoms with van der Waals surface area (Å²) >= 11 is 0. The van der Waals surface area contributed by atoms with Crippen LogP contribution in [0.15, 0.2) is 0 Å². The van der Waals surface area contributed by atoms with Crippen LogP contribution in [0.3, 0.4) is 0 Å². The SMILES string of the molecule is CCCOc1c(C)c(C)c(C)c(O)c1OC(=O)O. The molecule has 0 aromatic heterocycles. The summed E-state index contributed by atoms with van der Waals surface area (Å²) in [5.41, 5.74) is 2.22. The Labute approximate surface area is 106 Å². The largest absolute Gasteiger partial charge is 0.511 e. The molecule has 18 heavy (non-hydrogen) atoms. The molecular weight excluding hydrogens is 236 g/mol. The summed E-state index contributed by atoms with van der Waals surface area (Å²) in [6, 6.07) is 0. The van der Waals surface area contributed by atoms with E-state index in [9.17, 15) is 9.90 Å². The third-order valence-corrected chi connectivity index (χ3v) is 2.88. The number of phenolic OH excluding ortho intramolecular Hbond substituents is 1. The van der Waals surface area contributed by atoms with Crippen molar-refractivity contribution in [3.8, 4) is 17.2 Å². The standard InChI is InChI=1S/C13H18O5/c1-5-6-17-11-9(4)7(2)8(3)10(14)12(11)18-13(15)16/h14H,5-6H2,1-4H3,(H,15,16). The van der Waals surface area contributed by atoms with E-state index < -0.39 is 6.16 Å². The maximum absolute atomic E-state index is 10.7. The lowest BCUT2D eigenvalue weighted by Gasteiger charge is -2.18. The second kappa shape index (κ2) is 5.62. The van der Waals surface area contributed by atoms with Crippen molar-refractivity contribution >= 4 is 6.16 Å². The van der Waals surface area contributed by atoms with Gasteiger partial charge in [-0.3, -0.25) is 0 Å². The summed E-state index contributed by atoms with van der Waals surface area (Å²) in [6.07, 6.45) is -0.700. The fourth-order valence-corrected chi connectivity index (χ4v) is 1.64. The highest BCUT2D eigenvalue weighted by atomic mass is 16.7. The molecule has 0 saturated carbocycles. The molecule has 5 nitrogen and oxygen atoms in total. The van der Waals surface area contributed by atoms with Crippen LogP contribution in [-0.4, -0.2) is 23.0 Å². The molecule has 100 valence electrons. The lowest BCUT2D eigenvalue weighted by molar-refractivity contribution is 0.140. The smallest absolute Gasteiger partial charge is 0.504 e. The van der Waals surface area contributed by atoms with E-state index in [2.05, 4.69) is 4.74 Å². The van der Waals surface area contributed by atoms with Gasteiger partial charge in [0.1, 0.15) is 0 Å². The number of carbonyl (C=O) groups is 1. The quantitative estimate of drug-likeness (QED) is 0.637. The molecule has 1 aromatic rings. The van der Waals surface area contributed by atoms with E-state index in [4.69, 9.17) is 9.84 Å². The van der Waals surface area contributed by atoms with Crippen molar-refractivity contribution in [3.05, 3.63) is 16.7 Å². The summed E-state index contributed by atoms with van der Waals surface area (Å²) in [5.74, 6) is -0.0250. The fourth-order valence-electron chi connectivity index (χ4n) is 1.64. The van der Waals surface area contributed by atoms with Crippen LogP contribution in [0.1, 0.15) is 30.0 Å². The Balaban J connectivity index is 3.38. The van der Waals surface area contributed by atoms with Gasteiger partial charge >= 0.3 is 6.16 Å². The Hall–Kier alpha value is -1.91. The van der Waals surface area contributed by atoms with Gasteiger partial charge in [-0.05, 0) is 43.9 Å². The second-order valence-corrected chi connectivity index (χ2v) is 4.10. The number of phenols is 1. The zero-order chi connectivity index (χ0) is 13.9. The first-order valence-electron chi connectivity index (χ1n) is 5.76. The van der Waals surface area contributed by atoms with Crippen LogP contribution < -0.4 is 9.47 Å². The third kappa shape index (κ3) is 2.67. The first kappa shape index (κ1) is 14.2. The van der Waals surface area contributed by atoms with Gasteiger partial charge < -0.3 is 19.7 Å². The first-order valence-corrected chi connectivity index (χ1v) is 5.76. The van der Waals surface area contributed by atoms with Crippen molar-refractivity contribution < 1.29 is 24.5 Å². The minimum atomic E-state index is -1.48. The summed E-state index contributed by atoms with van der Waals surface area (Å²) in [7, 11) is 0. The van der Waals surface area contributed by atoms with Gasteiger partial charge in [0.25, 0.3) is 0 Å². The Morgan fingerprint density at radius 1 is 1.11 bits per heavy atom. The van der Waals surface area contributed by atoms with Gasteiger partial charge in [0.15, 0.2) is 11.5 Å². The molecule has 1 aromatic carbocycles. The molecule has 0 aliphatic carbocycles. The van der Waals surface area contributed by atoms with Gasteiger partial charge in [-0.25, -0.2) is 4.79 Å². The highest BCUT2D eigenvalue weighted by Crippen LogP contribution is 2.44. The van der Waals surface area contributed by atoms with Crippen molar-refractivity contribution in [2.75, 3.05) is 6.61 Å². The molecular formula is C13H18O5. The minimum absolute atomic E-state index is 0.128. The zero-order valence-electron chi connectivity index (χ0n) is 11.0. The van der Waals surface area contributed by atoms with Crippen molar-refractivity contribution in [3.63, 3.8) is 0 Å². The number of hydrogen-bond acceptors (Lipinski definition) is 4. The molecule has 0 amide bonds. The number of aromatic hydroxyl groups is 1. The van der Waals surface area contributed by atoms with Crippen LogP contribution >= 0.6 is 0 Å². The van der Waals surface area contributed by atoms with E-state index in [0.29, 0.717) is 17.9 Å². The number of rotatable bonds is 4.